The molecule has 2 aromatic carbocycles. The van der Waals surface area contributed by atoms with Crippen molar-refractivity contribution in [2.24, 2.45) is 0 Å². The predicted octanol–water partition coefficient (Wildman–Crippen LogP) is 3.58. The van der Waals surface area contributed by atoms with Crippen molar-refractivity contribution in [2.75, 3.05) is 5.32 Å². The van der Waals surface area contributed by atoms with Crippen molar-refractivity contribution in [1.29, 1.82) is 5.26 Å². The van der Waals surface area contributed by atoms with Gasteiger partial charge in [-0.15, -0.1) is 10.2 Å². The number of hydrogen-bond acceptors (Lipinski definition) is 5. The van der Waals surface area contributed by atoms with Crippen molar-refractivity contribution in [3.05, 3.63) is 83.6 Å². The summed E-state index contributed by atoms with van der Waals surface area (Å²) in [5.74, 6) is 0.165. The topological polar surface area (TPSA) is 90.7 Å². The van der Waals surface area contributed by atoms with Crippen LogP contribution in [0.4, 0.5) is 11.5 Å². The van der Waals surface area contributed by atoms with E-state index in [-0.39, 0.29) is 17.6 Å². The SMILES string of the molecule is CC(NC(=O)c1ccc(Nc2ccccc2C#N)nn1)c1ccccc1. The minimum Gasteiger partial charge on any atom is -0.344 e. The second kappa shape index (κ2) is 7.90. The van der Waals surface area contributed by atoms with Gasteiger partial charge in [-0.1, -0.05) is 42.5 Å². The van der Waals surface area contributed by atoms with Crippen LogP contribution in [-0.4, -0.2) is 16.1 Å². The fourth-order valence-electron chi connectivity index (χ4n) is 2.44. The Bertz CT molecular complexity index is 932. The molecule has 6 nitrogen and oxygen atoms in total. The van der Waals surface area contributed by atoms with E-state index in [1.54, 1.807) is 30.3 Å². The number of nitrogens with zero attached hydrogens (tertiary/aromatic N) is 3. The Kier molecular flexibility index (Phi) is 5.20. The predicted molar refractivity (Wildman–Crippen MR) is 98.8 cm³/mol. The Balaban J connectivity index is 1.67. The van der Waals surface area contributed by atoms with Crippen LogP contribution >= 0.6 is 0 Å². The largest absolute Gasteiger partial charge is 0.344 e. The van der Waals surface area contributed by atoms with Gasteiger partial charge in [-0.05, 0) is 36.8 Å². The number of aromatic nitrogens is 2. The van der Waals surface area contributed by atoms with Crippen LogP contribution in [0.5, 0.6) is 0 Å². The summed E-state index contributed by atoms with van der Waals surface area (Å²) < 4.78 is 0. The normalized spacial score (nSPS) is 11.2. The number of carbonyl (C=O) groups excluding carboxylic acids is 1. The first kappa shape index (κ1) is 17.1. The van der Waals surface area contributed by atoms with E-state index >= 15 is 0 Å². The molecule has 0 bridgehead atoms. The first-order valence-corrected chi connectivity index (χ1v) is 8.13. The third kappa shape index (κ3) is 4.02. The molecule has 26 heavy (non-hydrogen) atoms. The third-order valence-electron chi connectivity index (χ3n) is 3.85. The average Bonchev–Trinajstić information content (AvgIpc) is 2.69. The van der Waals surface area contributed by atoms with E-state index in [4.69, 9.17) is 5.26 Å². The van der Waals surface area contributed by atoms with Crippen molar-refractivity contribution in [3.8, 4) is 6.07 Å². The molecule has 1 unspecified atom stereocenters. The molecule has 1 amide bonds. The second-order valence-electron chi connectivity index (χ2n) is 5.69. The highest BCUT2D eigenvalue weighted by Gasteiger charge is 2.13. The summed E-state index contributed by atoms with van der Waals surface area (Å²) in [6, 6.07) is 22.0. The summed E-state index contributed by atoms with van der Waals surface area (Å²) in [6.45, 7) is 1.91. The average molecular weight is 343 g/mol. The number of nitriles is 1. The molecule has 0 radical (unpaired) electrons. The van der Waals surface area contributed by atoms with E-state index in [2.05, 4.69) is 26.9 Å². The molecule has 6 heteroatoms. The molecule has 128 valence electrons. The highest BCUT2D eigenvalue weighted by Crippen LogP contribution is 2.18. The number of hydrogen-bond donors (Lipinski definition) is 2. The van der Waals surface area contributed by atoms with Gasteiger partial charge in [0.25, 0.3) is 5.91 Å². The van der Waals surface area contributed by atoms with Gasteiger partial charge < -0.3 is 10.6 Å². The van der Waals surface area contributed by atoms with Crippen LogP contribution in [-0.2, 0) is 0 Å². The van der Waals surface area contributed by atoms with Crippen molar-refractivity contribution in [1.82, 2.24) is 15.5 Å². The molecular formula is C20H17N5O. The van der Waals surface area contributed by atoms with Gasteiger partial charge in [0.2, 0.25) is 0 Å². The van der Waals surface area contributed by atoms with E-state index in [1.165, 1.54) is 0 Å². The van der Waals surface area contributed by atoms with Crippen LogP contribution in [0.1, 0.15) is 34.6 Å². The molecule has 0 aliphatic heterocycles. The van der Waals surface area contributed by atoms with Crippen molar-refractivity contribution in [2.45, 2.75) is 13.0 Å². The zero-order valence-corrected chi connectivity index (χ0v) is 14.2. The maximum atomic E-state index is 12.3. The number of benzene rings is 2. The van der Waals surface area contributed by atoms with Crippen LogP contribution in [0.15, 0.2) is 66.7 Å². The van der Waals surface area contributed by atoms with Gasteiger partial charge >= 0.3 is 0 Å². The van der Waals surface area contributed by atoms with Gasteiger partial charge in [0.05, 0.1) is 17.3 Å². The van der Waals surface area contributed by atoms with E-state index in [0.717, 1.165) is 5.56 Å². The monoisotopic (exact) mass is 343 g/mol. The molecule has 1 heterocycles. The molecule has 3 rings (SSSR count). The first-order valence-electron chi connectivity index (χ1n) is 8.13. The molecule has 1 atom stereocenters. The van der Waals surface area contributed by atoms with E-state index in [0.29, 0.717) is 17.1 Å². The van der Waals surface area contributed by atoms with Gasteiger partial charge in [-0.25, -0.2) is 0 Å². The number of nitrogens with one attached hydrogen (secondary N) is 2. The molecule has 0 aliphatic carbocycles. The van der Waals surface area contributed by atoms with Crippen LogP contribution in [0.25, 0.3) is 0 Å². The van der Waals surface area contributed by atoms with Crippen molar-refractivity contribution < 1.29 is 4.79 Å². The lowest BCUT2D eigenvalue weighted by molar-refractivity contribution is 0.0934. The Morgan fingerprint density at radius 1 is 1.00 bits per heavy atom. The quantitative estimate of drug-likeness (QED) is 0.739. The molecule has 2 N–H and O–H groups in total. The summed E-state index contributed by atoms with van der Waals surface area (Å²) in [7, 11) is 0. The van der Waals surface area contributed by atoms with Crippen LogP contribution in [0.3, 0.4) is 0 Å². The lowest BCUT2D eigenvalue weighted by Gasteiger charge is -2.13. The number of amides is 1. The number of carbonyl (C=O) groups is 1. The standard InChI is InChI=1S/C20H17N5O/c1-14(15-7-3-2-4-8-15)22-20(26)18-11-12-19(25-24-18)23-17-10-6-5-9-16(17)13-21/h2-12,14H,1H3,(H,22,26)(H,23,25). The maximum absolute atomic E-state index is 12.3. The van der Waals surface area contributed by atoms with Gasteiger partial charge in [-0.3, -0.25) is 4.79 Å². The maximum Gasteiger partial charge on any atom is 0.272 e. The Morgan fingerprint density at radius 2 is 1.73 bits per heavy atom. The zero-order chi connectivity index (χ0) is 18.4. The molecule has 0 saturated heterocycles. The van der Waals surface area contributed by atoms with Crippen LogP contribution in [0, 0.1) is 11.3 Å². The van der Waals surface area contributed by atoms with Crippen molar-refractivity contribution in [3.63, 3.8) is 0 Å². The zero-order valence-electron chi connectivity index (χ0n) is 14.2. The Morgan fingerprint density at radius 3 is 2.42 bits per heavy atom. The number of rotatable bonds is 5. The Labute approximate surface area is 151 Å². The molecule has 1 aromatic heterocycles. The van der Waals surface area contributed by atoms with Gasteiger partial charge in [0, 0.05) is 0 Å². The molecular weight excluding hydrogens is 326 g/mol. The highest BCUT2D eigenvalue weighted by atomic mass is 16.2. The fraction of sp³-hybridized carbons (Fsp3) is 0.100. The number of anilines is 2. The summed E-state index contributed by atoms with van der Waals surface area (Å²) >= 11 is 0. The molecule has 0 fully saturated rings. The lowest BCUT2D eigenvalue weighted by atomic mass is 10.1. The molecule has 0 spiro atoms. The number of para-hydroxylation sites is 1. The summed E-state index contributed by atoms with van der Waals surface area (Å²) in [6.07, 6.45) is 0. The molecule has 3 aromatic rings. The summed E-state index contributed by atoms with van der Waals surface area (Å²) in [5, 5.41) is 23.0. The van der Waals surface area contributed by atoms with Crippen molar-refractivity contribution >= 4 is 17.4 Å². The third-order valence-corrected chi connectivity index (χ3v) is 3.85. The van der Waals surface area contributed by atoms with Crippen LogP contribution in [0.2, 0.25) is 0 Å². The van der Waals surface area contributed by atoms with Gasteiger partial charge in [0.1, 0.15) is 6.07 Å². The Hall–Kier alpha value is -3.72. The first-order chi connectivity index (χ1) is 12.7. The van der Waals surface area contributed by atoms with Crippen LogP contribution < -0.4 is 10.6 Å². The van der Waals surface area contributed by atoms with E-state index in [9.17, 15) is 4.79 Å². The highest BCUT2D eigenvalue weighted by molar-refractivity contribution is 5.92. The smallest absolute Gasteiger partial charge is 0.272 e. The van der Waals surface area contributed by atoms with Gasteiger partial charge in [0.15, 0.2) is 11.5 Å². The van der Waals surface area contributed by atoms with E-state index < -0.39 is 0 Å². The van der Waals surface area contributed by atoms with E-state index in [1.807, 2.05) is 43.3 Å². The van der Waals surface area contributed by atoms with Gasteiger partial charge in [-0.2, -0.15) is 5.26 Å². The second-order valence-corrected chi connectivity index (χ2v) is 5.69. The molecule has 0 saturated carbocycles. The minimum absolute atomic E-state index is 0.134. The fourth-order valence-corrected chi connectivity index (χ4v) is 2.44. The summed E-state index contributed by atoms with van der Waals surface area (Å²) in [4.78, 5) is 12.3. The summed E-state index contributed by atoms with van der Waals surface area (Å²) in [5.41, 5.74) is 2.39. The lowest BCUT2D eigenvalue weighted by Crippen LogP contribution is -2.27. The minimum atomic E-state index is -0.294. The molecule has 0 aliphatic rings.